The monoisotopic (exact) mass is 317 g/mol. The molecule has 0 radical (unpaired) electrons. The lowest BCUT2D eigenvalue weighted by Gasteiger charge is -2.17. The molecule has 1 aromatic rings. The Balaban J connectivity index is 1.70. The van der Waals surface area contributed by atoms with Gasteiger partial charge in [-0.1, -0.05) is 0 Å². The van der Waals surface area contributed by atoms with Crippen molar-refractivity contribution in [1.29, 1.82) is 0 Å². The number of hydrogen-bond acceptors (Lipinski definition) is 4. The van der Waals surface area contributed by atoms with Gasteiger partial charge in [0.15, 0.2) is 0 Å². The molecular weight excluding hydrogens is 294 g/mol. The highest BCUT2D eigenvalue weighted by molar-refractivity contribution is 7.87. The van der Waals surface area contributed by atoms with Gasteiger partial charge >= 0.3 is 0 Å². The Morgan fingerprint density at radius 3 is 2.75 bits per heavy atom. The van der Waals surface area contributed by atoms with E-state index in [4.69, 9.17) is 0 Å². The molecule has 114 valence electrons. The number of rotatable bonds is 9. The molecule has 1 heterocycles. The minimum atomic E-state index is -3.37. The fourth-order valence-corrected chi connectivity index (χ4v) is 3.72. The van der Waals surface area contributed by atoms with Crippen LogP contribution in [0.1, 0.15) is 29.0 Å². The molecule has 5 nitrogen and oxygen atoms in total. The van der Waals surface area contributed by atoms with Crippen molar-refractivity contribution in [2.75, 3.05) is 20.1 Å². The van der Waals surface area contributed by atoms with E-state index >= 15 is 0 Å². The summed E-state index contributed by atoms with van der Waals surface area (Å²) in [6.45, 7) is 3.81. The number of nitrogens with zero attached hydrogens (tertiary/aromatic N) is 1. The third kappa shape index (κ3) is 5.14. The van der Waals surface area contributed by atoms with Crippen LogP contribution in [-0.4, -0.2) is 38.9 Å². The van der Waals surface area contributed by atoms with Crippen molar-refractivity contribution in [3.8, 4) is 0 Å². The number of nitrogens with one attached hydrogen (secondary N) is 2. The van der Waals surface area contributed by atoms with E-state index in [2.05, 4.69) is 10.0 Å². The SMILES string of the molecule is Cc1ccc(CNS(=O)(=O)N(C)CCCNC2CC2)s1. The maximum absolute atomic E-state index is 12.1. The van der Waals surface area contributed by atoms with E-state index < -0.39 is 10.2 Å². The van der Waals surface area contributed by atoms with Crippen LogP contribution in [0.4, 0.5) is 0 Å². The molecule has 0 unspecified atom stereocenters. The molecule has 1 saturated carbocycles. The van der Waals surface area contributed by atoms with Crippen molar-refractivity contribution in [1.82, 2.24) is 14.3 Å². The first-order chi connectivity index (χ1) is 9.47. The van der Waals surface area contributed by atoms with Crippen LogP contribution in [0.3, 0.4) is 0 Å². The molecule has 0 saturated heterocycles. The molecule has 1 aliphatic rings. The Hall–Kier alpha value is -0.470. The lowest BCUT2D eigenvalue weighted by molar-refractivity contribution is 0.444. The van der Waals surface area contributed by atoms with Crippen LogP contribution in [0.15, 0.2) is 12.1 Å². The van der Waals surface area contributed by atoms with Crippen molar-refractivity contribution in [3.63, 3.8) is 0 Å². The Labute approximate surface area is 125 Å². The van der Waals surface area contributed by atoms with Crippen molar-refractivity contribution >= 4 is 21.5 Å². The molecule has 1 fully saturated rings. The second-order valence-electron chi connectivity index (χ2n) is 5.24. The Bertz CT molecular complexity index is 523. The van der Waals surface area contributed by atoms with Gasteiger partial charge in [-0.15, -0.1) is 11.3 Å². The van der Waals surface area contributed by atoms with Gasteiger partial charge in [0.05, 0.1) is 0 Å². The van der Waals surface area contributed by atoms with E-state index in [1.54, 1.807) is 18.4 Å². The fraction of sp³-hybridized carbons (Fsp3) is 0.692. The largest absolute Gasteiger partial charge is 0.314 e. The zero-order valence-electron chi connectivity index (χ0n) is 12.1. The predicted octanol–water partition coefficient (Wildman–Crippen LogP) is 1.46. The number of hydrogen-bond donors (Lipinski definition) is 2. The molecule has 2 rings (SSSR count). The number of thiophene rings is 1. The average molecular weight is 317 g/mol. The highest BCUT2D eigenvalue weighted by Gasteiger charge is 2.20. The normalized spacial score (nSPS) is 15.9. The van der Waals surface area contributed by atoms with Crippen LogP contribution in [0.5, 0.6) is 0 Å². The quantitative estimate of drug-likeness (QED) is 0.678. The van der Waals surface area contributed by atoms with Crippen LogP contribution < -0.4 is 10.0 Å². The van der Waals surface area contributed by atoms with E-state index in [-0.39, 0.29) is 0 Å². The molecule has 0 aliphatic heterocycles. The van der Waals surface area contributed by atoms with Gasteiger partial charge in [0.1, 0.15) is 0 Å². The summed E-state index contributed by atoms with van der Waals surface area (Å²) in [6, 6.07) is 4.64. The first kappa shape index (κ1) is 15.9. The molecule has 2 N–H and O–H groups in total. The van der Waals surface area contributed by atoms with Gasteiger partial charge < -0.3 is 5.32 Å². The summed E-state index contributed by atoms with van der Waals surface area (Å²) in [5, 5.41) is 3.38. The Kier molecular flexibility index (Phi) is 5.57. The highest BCUT2D eigenvalue weighted by Crippen LogP contribution is 2.18. The minimum Gasteiger partial charge on any atom is -0.314 e. The fourth-order valence-electron chi connectivity index (χ4n) is 1.87. The van der Waals surface area contributed by atoms with Gasteiger partial charge in [0.2, 0.25) is 0 Å². The van der Waals surface area contributed by atoms with E-state index in [0.29, 0.717) is 19.1 Å². The average Bonchev–Trinajstić information content (AvgIpc) is 3.13. The summed E-state index contributed by atoms with van der Waals surface area (Å²) in [4.78, 5) is 2.23. The summed E-state index contributed by atoms with van der Waals surface area (Å²) in [5.41, 5.74) is 0. The summed E-state index contributed by atoms with van der Waals surface area (Å²) in [5.74, 6) is 0. The maximum Gasteiger partial charge on any atom is 0.279 e. The summed E-state index contributed by atoms with van der Waals surface area (Å²) in [7, 11) is -1.75. The van der Waals surface area contributed by atoms with Crippen molar-refractivity contribution in [3.05, 3.63) is 21.9 Å². The van der Waals surface area contributed by atoms with Gasteiger partial charge in [-0.3, -0.25) is 0 Å². The molecule has 0 amide bonds. The second-order valence-corrected chi connectivity index (χ2v) is 8.48. The first-order valence-electron chi connectivity index (χ1n) is 6.97. The molecule has 1 aliphatic carbocycles. The van der Waals surface area contributed by atoms with Crippen molar-refractivity contribution in [2.24, 2.45) is 0 Å². The summed E-state index contributed by atoms with van der Waals surface area (Å²) in [6.07, 6.45) is 3.36. The van der Waals surface area contributed by atoms with Gasteiger partial charge in [0.25, 0.3) is 10.2 Å². The van der Waals surface area contributed by atoms with Crippen LogP contribution in [-0.2, 0) is 16.8 Å². The topological polar surface area (TPSA) is 61.4 Å². The summed E-state index contributed by atoms with van der Waals surface area (Å²) < 4.78 is 28.1. The second kappa shape index (κ2) is 7.00. The van der Waals surface area contributed by atoms with Crippen LogP contribution in [0, 0.1) is 6.92 Å². The molecule has 0 atom stereocenters. The predicted molar refractivity (Wildman–Crippen MR) is 83.1 cm³/mol. The molecule has 1 aromatic heterocycles. The molecule has 0 bridgehead atoms. The van der Waals surface area contributed by atoms with Crippen LogP contribution >= 0.6 is 11.3 Å². The maximum atomic E-state index is 12.1. The zero-order valence-corrected chi connectivity index (χ0v) is 13.7. The molecular formula is C13H23N3O2S2. The van der Waals surface area contributed by atoms with Crippen molar-refractivity contribution < 1.29 is 8.42 Å². The van der Waals surface area contributed by atoms with E-state index in [1.807, 2.05) is 19.1 Å². The number of aryl methyl sites for hydroxylation is 1. The van der Waals surface area contributed by atoms with Gasteiger partial charge in [0, 0.05) is 35.9 Å². The standard InChI is InChI=1S/C13H23N3O2S2/c1-11-4-7-13(19-11)10-15-20(17,18)16(2)9-3-8-14-12-5-6-12/h4,7,12,14-15H,3,5-6,8-10H2,1-2H3. The first-order valence-corrected chi connectivity index (χ1v) is 9.22. The zero-order chi connectivity index (χ0) is 14.6. The van der Waals surface area contributed by atoms with E-state index in [0.717, 1.165) is 17.8 Å². The lowest BCUT2D eigenvalue weighted by Crippen LogP contribution is -2.39. The lowest BCUT2D eigenvalue weighted by atomic mass is 10.4. The van der Waals surface area contributed by atoms with Crippen LogP contribution in [0.25, 0.3) is 0 Å². The van der Waals surface area contributed by atoms with Crippen LogP contribution in [0.2, 0.25) is 0 Å². The molecule has 7 heteroatoms. The molecule has 0 spiro atoms. The third-order valence-electron chi connectivity index (χ3n) is 3.30. The van der Waals surface area contributed by atoms with E-state index in [1.165, 1.54) is 22.0 Å². The highest BCUT2D eigenvalue weighted by atomic mass is 32.2. The molecule has 0 aromatic carbocycles. The van der Waals surface area contributed by atoms with E-state index in [9.17, 15) is 8.42 Å². The Morgan fingerprint density at radius 2 is 2.15 bits per heavy atom. The van der Waals surface area contributed by atoms with Gasteiger partial charge in [-0.2, -0.15) is 17.4 Å². The summed E-state index contributed by atoms with van der Waals surface area (Å²) >= 11 is 1.62. The minimum absolute atomic E-state index is 0.367. The Morgan fingerprint density at radius 1 is 1.40 bits per heavy atom. The molecule has 20 heavy (non-hydrogen) atoms. The van der Waals surface area contributed by atoms with Gasteiger partial charge in [-0.25, -0.2) is 0 Å². The third-order valence-corrected chi connectivity index (χ3v) is 5.81. The smallest absolute Gasteiger partial charge is 0.279 e. The van der Waals surface area contributed by atoms with Crippen molar-refractivity contribution in [2.45, 2.75) is 38.8 Å². The van der Waals surface area contributed by atoms with Gasteiger partial charge in [-0.05, 0) is 44.9 Å².